The fraction of sp³-hybridized carbons (Fsp3) is 0.615. The fourth-order valence-electron chi connectivity index (χ4n) is 1.93. The van der Waals surface area contributed by atoms with Crippen molar-refractivity contribution in [2.24, 2.45) is 5.92 Å². The van der Waals surface area contributed by atoms with E-state index in [0.717, 1.165) is 24.2 Å². The third kappa shape index (κ3) is 2.65. The van der Waals surface area contributed by atoms with Gasteiger partial charge in [-0.2, -0.15) is 0 Å². The lowest BCUT2D eigenvalue weighted by molar-refractivity contribution is 0.603. The predicted octanol–water partition coefficient (Wildman–Crippen LogP) is 2.75. The molecule has 0 radical (unpaired) electrons. The van der Waals surface area contributed by atoms with Crippen LogP contribution in [0.5, 0.6) is 0 Å². The van der Waals surface area contributed by atoms with Gasteiger partial charge in [-0.3, -0.25) is 0 Å². The number of anilines is 2. The lowest BCUT2D eigenvalue weighted by Gasteiger charge is -2.25. The van der Waals surface area contributed by atoms with Crippen molar-refractivity contribution in [2.45, 2.75) is 32.7 Å². The first-order valence-electron chi connectivity index (χ1n) is 6.12. The summed E-state index contributed by atoms with van der Waals surface area (Å²) in [6, 6.07) is 6.91. The van der Waals surface area contributed by atoms with Gasteiger partial charge in [-0.15, -0.1) is 0 Å². The first-order valence-corrected chi connectivity index (χ1v) is 6.12. The Morgan fingerprint density at radius 3 is 2.75 bits per heavy atom. The van der Waals surface area contributed by atoms with Crippen LogP contribution in [0.15, 0.2) is 18.2 Å². The van der Waals surface area contributed by atoms with E-state index in [0.29, 0.717) is 5.92 Å². The van der Waals surface area contributed by atoms with Gasteiger partial charge < -0.3 is 10.2 Å². The molecule has 0 aliphatic heterocycles. The second kappa shape index (κ2) is 4.73. The summed E-state index contributed by atoms with van der Waals surface area (Å²) in [5.74, 6) is 2.75. The molecule has 0 amide bonds. The molecule has 0 saturated heterocycles. The number of hydrogen-bond acceptors (Lipinski definition) is 3. The van der Waals surface area contributed by atoms with E-state index in [1.54, 1.807) is 0 Å². The summed E-state index contributed by atoms with van der Waals surface area (Å²) >= 11 is 0. The van der Waals surface area contributed by atoms with Gasteiger partial charge >= 0.3 is 0 Å². The molecule has 0 aromatic carbocycles. The van der Waals surface area contributed by atoms with Crippen LogP contribution in [0.4, 0.5) is 11.6 Å². The molecular formula is C13H21N3. The third-order valence-electron chi connectivity index (χ3n) is 2.83. The third-order valence-corrected chi connectivity index (χ3v) is 2.83. The van der Waals surface area contributed by atoms with Crippen LogP contribution < -0.4 is 10.2 Å². The number of nitrogens with one attached hydrogen (secondary N) is 1. The van der Waals surface area contributed by atoms with Crippen molar-refractivity contribution in [3.05, 3.63) is 18.2 Å². The number of nitrogens with zero attached hydrogens (tertiary/aromatic N) is 2. The Bertz CT molecular complexity index is 345. The minimum absolute atomic E-state index is 0.681. The van der Waals surface area contributed by atoms with E-state index in [2.05, 4.69) is 41.2 Å². The largest absolute Gasteiger partial charge is 0.373 e. The second-order valence-electron chi connectivity index (χ2n) is 4.91. The van der Waals surface area contributed by atoms with Gasteiger partial charge in [0, 0.05) is 19.6 Å². The lowest BCUT2D eigenvalue weighted by atomic mass is 10.2. The van der Waals surface area contributed by atoms with Crippen molar-refractivity contribution >= 4 is 11.6 Å². The Kier molecular flexibility index (Phi) is 3.32. The number of aromatic nitrogens is 1. The Balaban J connectivity index is 2.16. The monoisotopic (exact) mass is 219 g/mol. The van der Waals surface area contributed by atoms with Crippen molar-refractivity contribution in [2.75, 3.05) is 23.8 Å². The highest BCUT2D eigenvalue weighted by Gasteiger charge is 2.30. The molecule has 1 fully saturated rings. The van der Waals surface area contributed by atoms with Crippen LogP contribution in [-0.4, -0.2) is 24.6 Å². The van der Waals surface area contributed by atoms with Crippen molar-refractivity contribution in [1.82, 2.24) is 4.98 Å². The number of rotatable bonds is 5. The highest BCUT2D eigenvalue weighted by molar-refractivity contribution is 5.48. The average molecular weight is 219 g/mol. The number of pyridine rings is 1. The van der Waals surface area contributed by atoms with E-state index in [1.165, 1.54) is 12.8 Å². The van der Waals surface area contributed by atoms with E-state index in [4.69, 9.17) is 0 Å². The van der Waals surface area contributed by atoms with Crippen LogP contribution in [0, 0.1) is 5.92 Å². The zero-order valence-corrected chi connectivity index (χ0v) is 10.4. The second-order valence-corrected chi connectivity index (χ2v) is 4.91. The Labute approximate surface area is 97.9 Å². The molecule has 0 unspecified atom stereocenters. The summed E-state index contributed by atoms with van der Waals surface area (Å²) in [6.45, 7) is 5.62. The van der Waals surface area contributed by atoms with Gasteiger partial charge in [-0.1, -0.05) is 19.9 Å². The van der Waals surface area contributed by atoms with Gasteiger partial charge in [0.1, 0.15) is 11.6 Å². The summed E-state index contributed by atoms with van der Waals surface area (Å²) in [6.07, 6.45) is 2.64. The molecule has 1 aromatic heterocycles. The fourth-order valence-corrected chi connectivity index (χ4v) is 1.93. The lowest BCUT2D eigenvalue weighted by Crippen LogP contribution is -2.30. The highest BCUT2D eigenvalue weighted by Crippen LogP contribution is 2.31. The maximum absolute atomic E-state index is 4.62. The summed E-state index contributed by atoms with van der Waals surface area (Å²) in [5.41, 5.74) is 0. The van der Waals surface area contributed by atoms with E-state index in [-0.39, 0.29) is 0 Å². The van der Waals surface area contributed by atoms with Crippen LogP contribution in [0.3, 0.4) is 0 Å². The van der Waals surface area contributed by atoms with Crippen molar-refractivity contribution < 1.29 is 0 Å². The molecule has 3 nitrogen and oxygen atoms in total. The first kappa shape index (κ1) is 11.2. The van der Waals surface area contributed by atoms with E-state index < -0.39 is 0 Å². The topological polar surface area (TPSA) is 28.2 Å². The SMILES string of the molecule is CNc1cccc(N(CC(C)C)C2CC2)n1. The normalized spacial score (nSPS) is 15.2. The van der Waals surface area contributed by atoms with Crippen LogP contribution in [0.25, 0.3) is 0 Å². The highest BCUT2D eigenvalue weighted by atomic mass is 15.2. The summed E-state index contributed by atoms with van der Waals surface area (Å²) in [5, 5.41) is 3.10. The maximum Gasteiger partial charge on any atom is 0.131 e. The molecule has 88 valence electrons. The van der Waals surface area contributed by atoms with Crippen LogP contribution in [0.1, 0.15) is 26.7 Å². The van der Waals surface area contributed by atoms with Gasteiger partial charge in [-0.25, -0.2) is 4.98 Å². The van der Waals surface area contributed by atoms with E-state index >= 15 is 0 Å². The molecular weight excluding hydrogens is 198 g/mol. The van der Waals surface area contributed by atoms with Crippen molar-refractivity contribution in [3.8, 4) is 0 Å². The first-order chi connectivity index (χ1) is 7.70. The van der Waals surface area contributed by atoms with Crippen LogP contribution in [-0.2, 0) is 0 Å². The molecule has 2 rings (SSSR count). The molecule has 16 heavy (non-hydrogen) atoms. The molecule has 1 aliphatic rings. The Hall–Kier alpha value is -1.25. The minimum atomic E-state index is 0.681. The standard InChI is InChI=1S/C13H21N3/c1-10(2)9-16(11-7-8-11)13-6-4-5-12(14-3)15-13/h4-6,10-11H,7-9H2,1-3H3,(H,14,15). The molecule has 0 spiro atoms. The minimum Gasteiger partial charge on any atom is -0.373 e. The predicted molar refractivity (Wildman–Crippen MR) is 69.0 cm³/mol. The molecule has 1 heterocycles. The van der Waals surface area contributed by atoms with Gasteiger partial charge in [0.05, 0.1) is 0 Å². The van der Waals surface area contributed by atoms with Gasteiger partial charge in [0.2, 0.25) is 0 Å². The van der Waals surface area contributed by atoms with Crippen LogP contribution >= 0.6 is 0 Å². The average Bonchev–Trinajstić information content (AvgIpc) is 3.09. The summed E-state index contributed by atoms with van der Waals surface area (Å²) in [7, 11) is 1.91. The zero-order chi connectivity index (χ0) is 11.5. The number of hydrogen-bond donors (Lipinski definition) is 1. The van der Waals surface area contributed by atoms with Crippen LogP contribution in [0.2, 0.25) is 0 Å². The molecule has 1 aliphatic carbocycles. The van der Waals surface area contributed by atoms with Crippen molar-refractivity contribution in [3.63, 3.8) is 0 Å². The molecule has 1 saturated carbocycles. The Morgan fingerprint density at radius 2 is 2.19 bits per heavy atom. The van der Waals surface area contributed by atoms with E-state index in [1.807, 2.05) is 13.1 Å². The van der Waals surface area contributed by atoms with Gasteiger partial charge in [0.15, 0.2) is 0 Å². The van der Waals surface area contributed by atoms with E-state index in [9.17, 15) is 0 Å². The van der Waals surface area contributed by atoms with Crippen molar-refractivity contribution in [1.29, 1.82) is 0 Å². The summed E-state index contributed by atoms with van der Waals surface area (Å²) < 4.78 is 0. The zero-order valence-electron chi connectivity index (χ0n) is 10.4. The smallest absolute Gasteiger partial charge is 0.131 e. The molecule has 1 aromatic rings. The summed E-state index contributed by atoms with van der Waals surface area (Å²) in [4.78, 5) is 7.07. The quantitative estimate of drug-likeness (QED) is 0.825. The van der Waals surface area contributed by atoms with Gasteiger partial charge in [0.25, 0.3) is 0 Å². The maximum atomic E-state index is 4.62. The van der Waals surface area contributed by atoms with Gasteiger partial charge in [-0.05, 0) is 30.9 Å². The molecule has 1 N–H and O–H groups in total. The Morgan fingerprint density at radius 1 is 1.44 bits per heavy atom. The molecule has 0 bridgehead atoms. The molecule has 0 atom stereocenters. The molecule has 3 heteroatoms.